The predicted molar refractivity (Wildman–Crippen MR) is 56.3 cm³/mol. The Kier molecular flexibility index (Phi) is 3.69. The number of Topliss-reactive ketones (excluding diaryl/α,β-unsaturated/α-hetero) is 1. The summed E-state index contributed by atoms with van der Waals surface area (Å²) in [5.41, 5.74) is 1.16. The molecule has 14 heavy (non-hydrogen) atoms. The average molecular weight is 192 g/mol. The van der Waals surface area contributed by atoms with Crippen LogP contribution in [0.25, 0.3) is 0 Å². The summed E-state index contributed by atoms with van der Waals surface area (Å²) in [4.78, 5) is 10.9. The molecule has 0 aromatic heterocycles. The minimum Gasteiger partial charge on any atom is -0.508 e. The fourth-order valence-electron chi connectivity index (χ4n) is 1.60. The standard InChI is InChI=1S/C12H16O2/c1-9(7-10(2)13)8-11-3-5-12(14)6-4-11/h3-6,9,14H,7-8H2,1-2H3. The summed E-state index contributed by atoms with van der Waals surface area (Å²) in [5.74, 6) is 0.890. The molecule has 0 aliphatic heterocycles. The van der Waals surface area contributed by atoms with Crippen molar-refractivity contribution in [2.45, 2.75) is 26.7 Å². The molecular formula is C12H16O2. The Balaban J connectivity index is 2.51. The molecule has 0 saturated carbocycles. The van der Waals surface area contributed by atoms with Crippen molar-refractivity contribution in [3.8, 4) is 5.75 Å². The molecule has 1 aromatic carbocycles. The second kappa shape index (κ2) is 4.80. The van der Waals surface area contributed by atoms with Crippen molar-refractivity contribution in [3.05, 3.63) is 29.8 Å². The number of phenolic OH excluding ortho intramolecular Hbond substituents is 1. The first kappa shape index (κ1) is 10.8. The van der Waals surface area contributed by atoms with Crippen molar-refractivity contribution in [3.63, 3.8) is 0 Å². The van der Waals surface area contributed by atoms with Gasteiger partial charge in [-0.05, 0) is 37.0 Å². The monoisotopic (exact) mass is 192 g/mol. The number of carbonyl (C=O) groups excluding carboxylic acids is 1. The number of hydrogen-bond donors (Lipinski definition) is 1. The highest BCUT2D eigenvalue weighted by atomic mass is 16.3. The molecule has 1 aromatic rings. The first-order valence-corrected chi connectivity index (χ1v) is 4.85. The lowest BCUT2D eigenvalue weighted by Gasteiger charge is -2.08. The van der Waals surface area contributed by atoms with E-state index in [-0.39, 0.29) is 11.5 Å². The maximum Gasteiger partial charge on any atom is 0.130 e. The van der Waals surface area contributed by atoms with Crippen LogP contribution in [0.5, 0.6) is 5.75 Å². The van der Waals surface area contributed by atoms with Gasteiger partial charge in [-0.1, -0.05) is 19.1 Å². The number of ketones is 1. The molecule has 1 atom stereocenters. The molecule has 2 heteroatoms. The van der Waals surface area contributed by atoms with Crippen LogP contribution in [0.1, 0.15) is 25.8 Å². The molecule has 1 N–H and O–H groups in total. The van der Waals surface area contributed by atoms with Gasteiger partial charge in [-0.2, -0.15) is 0 Å². The normalized spacial score (nSPS) is 12.4. The van der Waals surface area contributed by atoms with E-state index in [0.717, 1.165) is 12.0 Å². The second-order valence-corrected chi connectivity index (χ2v) is 3.88. The highest BCUT2D eigenvalue weighted by Gasteiger charge is 2.06. The number of phenols is 1. The molecule has 0 bridgehead atoms. The zero-order valence-corrected chi connectivity index (χ0v) is 8.66. The molecule has 2 nitrogen and oxygen atoms in total. The maximum absolute atomic E-state index is 10.9. The third kappa shape index (κ3) is 3.60. The molecule has 0 spiro atoms. The predicted octanol–water partition coefficient (Wildman–Crippen LogP) is 2.55. The van der Waals surface area contributed by atoms with Crippen LogP contribution in [0.2, 0.25) is 0 Å². The van der Waals surface area contributed by atoms with Gasteiger partial charge in [0.25, 0.3) is 0 Å². The zero-order valence-electron chi connectivity index (χ0n) is 8.66. The van der Waals surface area contributed by atoms with Crippen LogP contribution >= 0.6 is 0 Å². The van der Waals surface area contributed by atoms with E-state index in [1.807, 2.05) is 12.1 Å². The Labute approximate surface area is 84.6 Å². The highest BCUT2D eigenvalue weighted by molar-refractivity contribution is 5.75. The highest BCUT2D eigenvalue weighted by Crippen LogP contribution is 2.15. The van der Waals surface area contributed by atoms with Gasteiger partial charge in [0.2, 0.25) is 0 Å². The van der Waals surface area contributed by atoms with Crippen LogP contribution in [0, 0.1) is 5.92 Å². The van der Waals surface area contributed by atoms with Crippen LogP contribution < -0.4 is 0 Å². The van der Waals surface area contributed by atoms with Crippen molar-refractivity contribution in [1.29, 1.82) is 0 Å². The van der Waals surface area contributed by atoms with Crippen LogP contribution in [-0.4, -0.2) is 10.9 Å². The summed E-state index contributed by atoms with van der Waals surface area (Å²) in [7, 11) is 0. The van der Waals surface area contributed by atoms with E-state index in [1.165, 1.54) is 0 Å². The summed E-state index contributed by atoms with van der Waals surface area (Å²) in [6, 6.07) is 7.14. The minimum atomic E-state index is 0.233. The van der Waals surface area contributed by atoms with Crippen LogP contribution in [0.3, 0.4) is 0 Å². The molecule has 0 amide bonds. The van der Waals surface area contributed by atoms with E-state index in [1.54, 1.807) is 19.1 Å². The number of aromatic hydroxyl groups is 1. The second-order valence-electron chi connectivity index (χ2n) is 3.88. The molecule has 1 unspecified atom stereocenters. The third-order valence-electron chi connectivity index (χ3n) is 2.16. The SMILES string of the molecule is CC(=O)CC(C)Cc1ccc(O)cc1. The Bertz CT molecular complexity index is 301. The zero-order chi connectivity index (χ0) is 10.6. The van der Waals surface area contributed by atoms with Crippen molar-refractivity contribution in [2.75, 3.05) is 0 Å². The molecule has 0 aliphatic carbocycles. The Morgan fingerprint density at radius 1 is 1.36 bits per heavy atom. The lowest BCUT2D eigenvalue weighted by atomic mass is 9.96. The first-order chi connectivity index (χ1) is 6.58. The molecule has 0 fully saturated rings. The van der Waals surface area contributed by atoms with Crippen molar-refractivity contribution < 1.29 is 9.90 Å². The summed E-state index contributed by atoms with van der Waals surface area (Å²) in [6.07, 6.45) is 1.51. The van der Waals surface area contributed by atoms with Gasteiger partial charge in [-0.25, -0.2) is 0 Å². The van der Waals surface area contributed by atoms with Gasteiger partial charge in [-0.3, -0.25) is 0 Å². The molecular weight excluding hydrogens is 176 g/mol. The van der Waals surface area contributed by atoms with Gasteiger partial charge in [0.15, 0.2) is 0 Å². The van der Waals surface area contributed by atoms with Gasteiger partial charge < -0.3 is 9.90 Å². The third-order valence-corrected chi connectivity index (χ3v) is 2.16. The quantitative estimate of drug-likeness (QED) is 0.796. The van der Waals surface area contributed by atoms with E-state index in [4.69, 9.17) is 5.11 Å². The lowest BCUT2D eigenvalue weighted by Crippen LogP contribution is -2.04. The van der Waals surface area contributed by atoms with Crippen molar-refractivity contribution in [1.82, 2.24) is 0 Å². The molecule has 1 rings (SSSR count). The van der Waals surface area contributed by atoms with E-state index in [2.05, 4.69) is 6.92 Å². The Hall–Kier alpha value is -1.31. The van der Waals surface area contributed by atoms with Gasteiger partial charge >= 0.3 is 0 Å². The van der Waals surface area contributed by atoms with Gasteiger partial charge in [-0.15, -0.1) is 0 Å². The molecule has 0 saturated heterocycles. The Morgan fingerprint density at radius 3 is 2.43 bits per heavy atom. The van der Waals surface area contributed by atoms with Crippen LogP contribution in [0.4, 0.5) is 0 Å². The summed E-state index contributed by atoms with van der Waals surface area (Å²) < 4.78 is 0. The lowest BCUT2D eigenvalue weighted by molar-refractivity contribution is -0.117. The first-order valence-electron chi connectivity index (χ1n) is 4.85. The molecule has 0 aliphatic rings. The summed E-state index contributed by atoms with van der Waals surface area (Å²) in [6.45, 7) is 3.68. The molecule has 76 valence electrons. The fourth-order valence-corrected chi connectivity index (χ4v) is 1.60. The van der Waals surface area contributed by atoms with Crippen LogP contribution in [0.15, 0.2) is 24.3 Å². The smallest absolute Gasteiger partial charge is 0.130 e. The van der Waals surface area contributed by atoms with Gasteiger partial charge in [0.05, 0.1) is 0 Å². The van der Waals surface area contributed by atoms with Crippen molar-refractivity contribution >= 4 is 5.78 Å². The fraction of sp³-hybridized carbons (Fsp3) is 0.417. The number of benzene rings is 1. The summed E-state index contributed by atoms with van der Waals surface area (Å²) >= 11 is 0. The van der Waals surface area contributed by atoms with Gasteiger partial charge in [0, 0.05) is 6.42 Å². The minimum absolute atomic E-state index is 0.233. The maximum atomic E-state index is 10.9. The van der Waals surface area contributed by atoms with Gasteiger partial charge in [0.1, 0.15) is 11.5 Å². The number of rotatable bonds is 4. The average Bonchev–Trinajstić information content (AvgIpc) is 2.07. The van der Waals surface area contributed by atoms with Crippen LogP contribution in [-0.2, 0) is 11.2 Å². The Morgan fingerprint density at radius 2 is 1.93 bits per heavy atom. The van der Waals surface area contributed by atoms with E-state index >= 15 is 0 Å². The molecule has 0 radical (unpaired) electrons. The largest absolute Gasteiger partial charge is 0.508 e. The van der Waals surface area contributed by atoms with E-state index < -0.39 is 0 Å². The van der Waals surface area contributed by atoms with E-state index in [0.29, 0.717) is 12.3 Å². The number of carbonyl (C=O) groups is 1. The van der Waals surface area contributed by atoms with Crippen molar-refractivity contribution in [2.24, 2.45) is 5.92 Å². The topological polar surface area (TPSA) is 37.3 Å². The van der Waals surface area contributed by atoms with E-state index in [9.17, 15) is 4.79 Å². The summed E-state index contributed by atoms with van der Waals surface area (Å²) in [5, 5.41) is 9.08. The number of hydrogen-bond acceptors (Lipinski definition) is 2. The molecule has 0 heterocycles.